The van der Waals surface area contributed by atoms with Gasteiger partial charge in [0.15, 0.2) is 0 Å². The Kier molecular flexibility index (Phi) is 69.4. The van der Waals surface area contributed by atoms with Gasteiger partial charge in [-0.25, -0.2) is 0 Å². The summed E-state index contributed by atoms with van der Waals surface area (Å²) in [6, 6.07) is 0. The molecule has 0 bridgehead atoms. The minimum absolute atomic E-state index is 0.500. The van der Waals surface area contributed by atoms with Crippen molar-refractivity contribution in [3.8, 4) is 0 Å². The maximum atomic E-state index is 2.32. The molecule has 2 rings (SSSR count). The molecule has 2 aliphatic carbocycles. The van der Waals surface area contributed by atoms with Crippen molar-refractivity contribution in [3.05, 3.63) is 0 Å². The van der Waals surface area contributed by atoms with Crippen molar-refractivity contribution in [2.24, 2.45) is 80.8 Å². The maximum Gasteiger partial charge on any atom is -0.0359 e. The quantitative estimate of drug-likeness (QED) is 0.153. The maximum absolute atomic E-state index is 2.32. The molecule has 0 aromatic carbocycles. The van der Waals surface area contributed by atoms with Crippen molar-refractivity contribution in [3.63, 3.8) is 0 Å². The predicted octanol–water partition coefficient (Wildman–Crippen LogP) is 27.6. The molecule has 2 fully saturated rings. The minimum Gasteiger partial charge on any atom is -0.0654 e. The average molecular weight is 1010 g/mol. The molecule has 0 heterocycles. The van der Waals surface area contributed by atoms with E-state index in [1.807, 2.05) is 0 Å². The molecule has 4 atom stereocenters. The topological polar surface area (TPSA) is 0 Å². The molecule has 4 unspecified atom stereocenters. The lowest BCUT2D eigenvalue weighted by Gasteiger charge is -2.22. The summed E-state index contributed by atoms with van der Waals surface area (Å²) in [5, 5.41) is 0. The fraction of sp³-hybridized carbons (Fsp3) is 1.00. The van der Waals surface area contributed by atoms with E-state index in [2.05, 4.69) is 235 Å². The molecule has 0 aromatic rings. The molecule has 2 saturated carbocycles. The fourth-order valence-corrected chi connectivity index (χ4v) is 6.35. The van der Waals surface area contributed by atoms with Crippen molar-refractivity contribution in [1.29, 1.82) is 0 Å². The highest BCUT2D eigenvalue weighted by Crippen LogP contribution is 2.28. The lowest BCUT2D eigenvalue weighted by molar-refractivity contribution is 0.283. The smallest absolute Gasteiger partial charge is 0.0359 e. The normalized spacial score (nSPS) is 15.6. The van der Waals surface area contributed by atoms with E-state index in [-0.39, 0.29) is 0 Å². The summed E-state index contributed by atoms with van der Waals surface area (Å²) >= 11 is 0. The highest BCUT2D eigenvalue weighted by atomic mass is 14.2. The zero-order chi connectivity index (χ0) is 58.0. The van der Waals surface area contributed by atoms with Crippen LogP contribution in [0.3, 0.4) is 0 Å². The molecule has 0 N–H and O–H groups in total. The first-order chi connectivity index (χ1) is 32.4. The predicted molar refractivity (Wildman–Crippen MR) is 344 cm³/mol. The van der Waals surface area contributed by atoms with E-state index in [1.54, 1.807) is 0 Å². The largest absolute Gasteiger partial charge is 0.0654 e. The zero-order valence-electron chi connectivity index (χ0n) is 58.0. The van der Waals surface area contributed by atoms with Crippen LogP contribution in [0.25, 0.3) is 0 Å². The van der Waals surface area contributed by atoms with Crippen LogP contribution in [0.4, 0.5) is 0 Å². The molecule has 71 heavy (non-hydrogen) atoms. The molecule has 0 radical (unpaired) electrons. The van der Waals surface area contributed by atoms with Crippen LogP contribution in [0.5, 0.6) is 0 Å². The highest BCUT2D eigenvalue weighted by Gasteiger charge is 2.15. The van der Waals surface area contributed by atoms with Gasteiger partial charge in [-0.15, -0.1) is 0 Å². The van der Waals surface area contributed by atoms with Crippen LogP contribution in [-0.2, 0) is 0 Å². The summed E-state index contributed by atoms with van der Waals surface area (Å²) in [6.45, 7) is 77.1. The van der Waals surface area contributed by atoms with E-state index in [0.29, 0.717) is 21.7 Å². The minimum atomic E-state index is 0.500. The molecule has 0 aromatic heterocycles. The van der Waals surface area contributed by atoms with Gasteiger partial charge in [-0.2, -0.15) is 0 Å². The van der Waals surface area contributed by atoms with E-state index in [4.69, 9.17) is 0 Å². The summed E-state index contributed by atoms with van der Waals surface area (Å²) in [7, 11) is 0. The Morgan fingerprint density at radius 2 is 0.606 bits per heavy atom. The van der Waals surface area contributed by atoms with Gasteiger partial charge in [0.1, 0.15) is 0 Å². The van der Waals surface area contributed by atoms with Gasteiger partial charge in [0.05, 0.1) is 0 Å². The van der Waals surface area contributed by atoms with Gasteiger partial charge in [0.2, 0.25) is 0 Å². The third-order valence-corrected chi connectivity index (χ3v) is 17.3. The van der Waals surface area contributed by atoms with E-state index in [0.717, 1.165) is 59.2 Å². The summed E-state index contributed by atoms with van der Waals surface area (Å²) in [6.07, 6.45) is 32.4. The highest BCUT2D eigenvalue weighted by molar-refractivity contribution is 4.67. The van der Waals surface area contributed by atoms with E-state index in [9.17, 15) is 0 Å². The van der Waals surface area contributed by atoms with Crippen molar-refractivity contribution in [2.45, 2.75) is 383 Å². The first kappa shape index (κ1) is 87.7. The Balaban J connectivity index is -0.000000104. The van der Waals surface area contributed by atoms with Crippen LogP contribution < -0.4 is 0 Å². The van der Waals surface area contributed by atoms with E-state index < -0.39 is 0 Å². The van der Waals surface area contributed by atoms with Gasteiger partial charge in [0.25, 0.3) is 0 Å². The van der Waals surface area contributed by atoms with E-state index >= 15 is 0 Å². The first-order valence-electron chi connectivity index (χ1n) is 32.4. The Morgan fingerprint density at radius 3 is 0.676 bits per heavy atom. The average Bonchev–Trinajstić information content (AvgIpc) is 3.84. The second-order valence-electron chi connectivity index (χ2n) is 28.6. The molecule has 2 aliphatic rings. The third kappa shape index (κ3) is 81.6. The Hall–Kier alpha value is 0. The number of hydrogen-bond acceptors (Lipinski definition) is 0. The fourth-order valence-electron chi connectivity index (χ4n) is 6.35. The standard InChI is InChI=1S/C8H16.C7H14.8C7H16/c1-2-8-6-4-3-5-7-8;1-2-7-5-3-4-6-7;2*1-6(2)7(3,4)5;1-5-6-7(2,3)4;1-5-7(3,4)6-2;2*1-5-7(4)6(2)3;2*1-4-6-7(3)5-2/h8H,2-7H2,1H3;7H,2-6H2,1H3;2*6H,1-5H3;2*5-6H2,1-4H3;2*6-7H,5H2,1-4H3;2*7H,4-6H2,1-3H3. The van der Waals surface area contributed by atoms with Crippen molar-refractivity contribution in [1.82, 2.24) is 0 Å². The molecule has 442 valence electrons. The first-order valence-corrected chi connectivity index (χ1v) is 32.4. The van der Waals surface area contributed by atoms with Gasteiger partial charge in [-0.3, -0.25) is 0 Å². The number of rotatable bonds is 15. The van der Waals surface area contributed by atoms with Crippen LogP contribution in [0, 0.1) is 80.8 Å². The van der Waals surface area contributed by atoms with Gasteiger partial charge in [0, 0.05) is 0 Å². The van der Waals surface area contributed by atoms with Crippen molar-refractivity contribution >= 4 is 0 Å². The van der Waals surface area contributed by atoms with Gasteiger partial charge in [-0.1, -0.05) is 377 Å². The zero-order valence-corrected chi connectivity index (χ0v) is 58.0. The molecule has 0 nitrogen and oxygen atoms in total. The van der Waals surface area contributed by atoms with Gasteiger partial charge in [-0.05, 0) is 87.3 Å². The SMILES string of the molecule is CC(C)C(C)(C)C.CC(C)C(C)(C)C.CCC(C)(C)CC.CCC(C)C(C)C.CCC(C)C(C)C.CCC1CCCC1.CCC1CCCCC1.CCCC(C)(C)C.CCCC(C)CC.CCCC(C)CC. The molecule has 0 amide bonds. The third-order valence-electron chi connectivity index (χ3n) is 17.3. The summed E-state index contributed by atoms with van der Waals surface area (Å²) in [5.74, 6) is 9.22. The molecule has 0 aliphatic heterocycles. The molecular weight excluding hydrogens is 853 g/mol. The van der Waals surface area contributed by atoms with Crippen LogP contribution in [0.2, 0.25) is 0 Å². The van der Waals surface area contributed by atoms with E-state index in [1.165, 1.54) is 148 Å². The lowest BCUT2D eigenvalue weighted by atomic mass is 9.84. The van der Waals surface area contributed by atoms with Crippen LogP contribution in [-0.4, -0.2) is 0 Å². The summed E-state index contributed by atoms with van der Waals surface area (Å²) < 4.78 is 0. The molecule has 0 saturated heterocycles. The Bertz CT molecular complexity index is 856. The van der Waals surface area contributed by atoms with Gasteiger partial charge >= 0.3 is 0 Å². The van der Waals surface area contributed by atoms with Crippen LogP contribution in [0.15, 0.2) is 0 Å². The second-order valence-corrected chi connectivity index (χ2v) is 28.6. The molecule has 0 heteroatoms. The van der Waals surface area contributed by atoms with Crippen LogP contribution in [0.1, 0.15) is 383 Å². The second kappa shape index (κ2) is 56.2. The summed E-state index contributed by atoms with van der Waals surface area (Å²) in [5.41, 5.74) is 2.13. The molecular formula is C71H158. The van der Waals surface area contributed by atoms with Crippen molar-refractivity contribution < 1.29 is 0 Å². The Labute approximate surface area is 461 Å². The van der Waals surface area contributed by atoms with Crippen LogP contribution >= 0.6 is 0 Å². The van der Waals surface area contributed by atoms with Gasteiger partial charge < -0.3 is 0 Å². The van der Waals surface area contributed by atoms with Crippen molar-refractivity contribution in [2.75, 3.05) is 0 Å². The lowest BCUT2D eigenvalue weighted by Crippen LogP contribution is -2.12. The Morgan fingerprint density at radius 1 is 0.352 bits per heavy atom. The number of hydrogen-bond donors (Lipinski definition) is 0. The summed E-state index contributed by atoms with van der Waals surface area (Å²) in [4.78, 5) is 0. The monoisotopic (exact) mass is 1010 g/mol. The molecule has 0 spiro atoms.